The maximum atomic E-state index is 12.2. The Morgan fingerprint density at radius 2 is 2.05 bits per heavy atom. The number of carboxylic acids is 1. The molecule has 19 heavy (non-hydrogen) atoms. The molecule has 0 aromatic heterocycles. The number of methoxy groups -OCH3 is 1. The van der Waals surface area contributed by atoms with E-state index < -0.39 is 15.8 Å². The Bertz CT molecular complexity index is 601. The van der Waals surface area contributed by atoms with E-state index in [1.165, 1.54) is 19.2 Å². The molecule has 1 aromatic rings. The fourth-order valence-electron chi connectivity index (χ4n) is 1.50. The van der Waals surface area contributed by atoms with Gasteiger partial charge in [-0.15, -0.1) is 0 Å². The Hall–Kier alpha value is -1.82. The van der Waals surface area contributed by atoms with E-state index in [9.17, 15) is 13.2 Å². The molecule has 0 amide bonds. The van der Waals surface area contributed by atoms with Crippen LogP contribution in [0.1, 0.15) is 23.7 Å². The highest BCUT2D eigenvalue weighted by Crippen LogP contribution is 2.27. The van der Waals surface area contributed by atoms with E-state index in [1.807, 2.05) is 6.92 Å². The van der Waals surface area contributed by atoms with Crippen molar-refractivity contribution >= 4 is 15.8 Å². The maximum absolute atomic E-state index is 12.2. The maximum Gasteiger partial charge on any atom is 0.335 e. The van der Waals surface area contributed by atoms with E-state index in [0.717, 1.165) is 6.07 Å². The van der Waals surface area contributed by atoms with Crippen molar-refractivity contribution in [1.29, 1.82) is 0 Å². The zero-order chi connectivity index (χ0) is 14.6. The van der Waals surface area contributed by atoms with Gasteiger partial charge in [0, 0.05) is 0 Å². The Balaban J connectivity index is 3.34. The number of carbonyl (C=O) groups is 1. The van der Waals surface area contributed by atoms with Gasteiger partial charge in [-0.3, -0.25) is 0 Å². The molecule has 0 saturated heterocycles. The minimum atomic E-state index is -3.66. The lowest BCUT2D eigenvalue weighted by Crippen LogP contribution is -2.11. The number of hydrogen-bond acceptors (Lipinski definition) is 4. The fourth-order valence-corrected chi connectivity index (χ4v) is 3.16. The summed E-state index contributed by atoms with van der Waals surface area (Å²) in [5.74, 6) is -1.27. The van der Waals surface area contributed by atoms with Gasteiger partial charge in [0.1, 0.15) is 10.6 Å². The summed E-state index contributed by atoms with van der Waals surface area (Å²) in [5.41, 5.74) is 0.462. The predicted octanol–water partition coefficient (Wildman–Crippen LogP) is 2.13. The first-order valence-electron chi connectivity index (χ1n) is 5.62. The third kappa shape index (κ3) is 3.57. The zero-order valence-electron chi connectivity index (χ0n) is 10.8. The summed E-state index contributed by atoms with van der Waals surface area (Å²) >= 11 is 0. The quantitative estimate of drug-likeness (QED) is 0.809. The largest absolute Gasteiger partial charge is 0.495 e. The molecule has 1 aromatic carbocycles. The van der Waals surface area contributed by atoms with Crippen LogP contribution in [0, 0.1) is 0 Å². The Labute approximate surface area is 112 Å². The molecule has 0 radical (unpaired) electrons. The van der Waals surface area contributed by atoms with Gasteiger partial charge in [0.2, 0.25) is 0 Å². The van der Waals surface area contributed by atoms with Gasteiger partial charge < -0.3 is 9.84 Å². The summed E-state index contributed by atoms with van der Waals surface area (Å²) in [6.07, 6.45) is 0.542. The zero-order valence-corrected chi connectivity index (χ0v) is 11.7. The highest BCUT2D eigenvalue weighted by Gasteiger charge is 2.22. The number of benzene rings is 1. The van der Waals surface area contributed by atoms with Crippen LogP contribution in [-0.4, -0.2) is 32.4 Å². The summed E-state index contributed by atoms with van der Waals surface area (Å²) in [6.45, 7) is 5.47. The number of rotatable bonds is 6. The average molecular weight is 284 g/mol. The molecule has 0 atom stereocenters. The van der Waals surface area contributed by atoms with Crippen LogP contribution in [0.25, 0.3) is 0 Å². The molecule has 0 heterocycles. The van der Waals surface area contributed by atoms with Gasteiger partial charge in [-0.2, -0.15) is 0 Å². The monoisotopic (exact) mass is 284 g/mol. The first-order chi connectivity index (χ1) is 8.81. The lowest BCUT2D eigenvalue weighted by atomic mass is 10.2. The molecule has 0 bridgehead atoms. The smallest absolute Gasteiger partial charge is 0.335 e. The highest BCUT2D eigenvalue weighted by molar-refractivity contribution is 7.91. The van der Waals surface area contributed by atoms with Crippen molar-refractivity contribution in [3.8, 4) is 5.75 Å². The lowest BCUT2D eigenvalue weighted by Gasteiger charge is -2.11. The van der Waals surface area contributed by atoms with Crippen molar-refractivity contribution in [3.05, 3.63) is 35.9 Å². The third-order valence-electron chi connectivity index (χ3n) is 2.64. The molecular weight excluding hydrogens is 268 g/mol. The van der Waals surface area contributed by atoms with Crippen molar-refractivity contribution in [2.75, 3.05) is 12.9 Å². The summed E-state index contributed by atoms with van der Waals surface area (Å²) < 4.78 is 29.4. The summed E-state index contributed by atoms with van der Waals surface area (Å²) in [6, 6.07) is 3.75. The summed E-state index contributed by atoms with van der Waals surface area (Å²) in [5, 5.41) is 8.91. The lowest BCUT2D eigenvalue weighted by molar-refractivity contribution is 0.0696. The minimum Gasteiger partial charge on any atom is -0.495 e. The summed E-state index contributed by atoms with van der Waals surface area (Å²) in [4.78, 5) is 10.8. The second-order valence-corrected chi connectivity index (χ2v) is 5.99. The SMILES string of the molecule is C=C(CC)CS(=O)(=O)c1cc(C(=O)O)ccc1OC. The standard InChI is InChI=1S/C13H16O5S/c1-4-9(2)8-19(16,17)12-7-10(13(14)15)5-6-11(12)18-3/h5-7H,2,4,8H2,1,3H3,(H,14,15). The first kappa shape index (κ1) is 15.2. The molecule has 0 aliphatic carbocycles. The van der Waals surface area contributed by atoms with Crippen LogP contribution in [0.2, 0.25) is 0 Å². The number of hydrogen-bond donors (Lipinski definition) is 1. The van der Waals surface area contributed by atoms with E-state index in [4.69, 9.17) is 9.84 Å². The van der Waals surface area contributed by atoms with E-state index in [-0.39, 0.29) is 22.0 Å². The normalized spacial score (nSPS) is 11.1. The van der Waals surface area contributed by atoms with Gasteiger partial charge in [-0.1, -0.05) is 19.1 Å². The van der Waals surface area contributed by atoms with Crippen molar-refractivity contribution in [1.82, 2.24) is 0 Å². The van der Waals surface area contributed by atoms with Crippen LogP contribution in [0.4, 0.5) is 0 Å². The van der Waals surface area contributed by atoms with Crippen molar-refractivity contribution in [2.24, 2.45) is 0 Å². The Morgan fingerprint density at radius 1 is 1.42 bits per heavy atom. The van der Waals surface area contributed by atoms with E-state index in [1.54, 1.807) is 0 Å². The highest BCUT2D eigenvalue weighted by atomic mass is 32.2. The van der Waals surface area contributed by atoms with Crippen molar-refractivity contribution in [3.63, 3.8) is 0 Å². The number of sulfone groups is 1. The molecule has 0 fully saturated rings. The minimum absolute atomic E-state index is 0.0958. The third-order valence-corrected chi connectivity index (χ3v) is 4.42. The van der Waals surface area contributed by atoms with Crippen LogP contribution >= 0.6 is 0 Å². The van der Waals surface area contributed by atoms with Crippen LogP contribution < -0.4 is 4.74 Å². The van der Waals surface area contributed by atoms with E-state index >= 15 is 0 Å². The van der Waals surface area contributed by atoms with Crippen LogP contribution in [0.3, 0.4) is 0 Å². The van der Waals surface area contributed by atoms with Gasteiger partial charge in [-0.25, -0.2) is 13.2 Å². The molecule has 1 rings (SSSR count). The Morgan fingerprint density at radius 3 is 2.53 bits per heavy atom. The molecular formula is C13H16O5S. The van der Waals surface area contributed by atoms with Gasteiger partial charge in [0.05, 0.1) is 18.4 Å². The molecule has 0 aliphatic rings. The topological polar surface area (TPSA) is 80.7 Å². The molecule has 104 valence electrons. The second-order valence-electron chi connectivity index (χ2n) is 4.03. The predicted molar refractivity (Wildman–Crippen MR) is 71.4 cm³/mol. The number of carboxylic acid groups (broad SMARTS) is 1. The molecule has 6 heteroatoms. The summed E-state index contributed by atoms with van der Waals surface area (Å²) in [7, 11) is -2.32. The second kappa shape index (κ2) is 5.88. The van der Waals surface area contributed by atoms with Gasteiger partial charge in [-0.05, 0) is 24.6 Å². The molecule has 0 unspecified atom stereocenters. The van der Waals surface area contributed by atoms with E-state index in [0.29, 0.717) is 12.0 Å². The number of aromatic carboxylic acids is 1. The molecule has 1 N–H and O–H groups in total. The first-order valence-corrected chi connectivity index (χ1v) is 7.27. The van der Waals surface area contributed by atoms with Crippen LogP contribution in [0.5, 0.6) is 5.75 Å². The molecule has 5 nitrogen and oxygen atoms in total. The van der Waals surface area contributed by atoms with Crippen LogP contribution in [0.15, 0.2) is 35.2 Å². The molecule has 0 spiro atoms. The average Bonchev–Trinajstić information content (AvgIpc) is 2.37. The van der Waals surface area contributed by atoms with E-state index in [2.05, 4.69) is 6.58 Å². The van der Waals surface area contributed by atoms with Gasteiger partial charge in [0.25, 0.3) is 0 Å². The fraction of sp³-hybridized carbons (Fsp3) is 0.308. The van der Waals surface area contributed by atoms with Crippen LogP contribution in [-0.2, 0) is 9.84 Å². The molecule has 0 aliphatic heterocycles. The Kier molecular flexibility index (Phi) is 4.72. The molecule has 0 saturated carbocycles. The van der Waals surface area contributed by atoms with Crippen molar-refractivity contribution in [2.45, 2.75) is 18.2 Å². The van der Waals surface area contributed by atoms with Crippen molar-refractivity contribution < 1.29 is 23.1 Å². The van der Waals surface area contributed by atoms with Gasteiger partial charge in [0.15, 0.2) is 9.84 Å². The number of ether oxygens (including phenoxy) is 1. The van der Waals surface area contributed by atoms with Gasteiger partial charge >= 0.3 is 5.97 Å².